The minimum absolute atomic E-state index is 0.00677. The SMILES string of the molecule is CC(=O)[C@@H]1CC(C(=O)Nc2cccc(C3SCCS3)c2)=NN1c1ccccc1. The molecule has 2 aromatic carbocycles. The van der Waals surface area contributed by atoms with E-state index >= 15 is 0 Å². The number of ketones is 1. The number of carbonyl (C=O) groups excluding carboxylic acids is 2. The van der Waals surface area contributed by atoms with E-state index in [-0.39, 0.29) is 11.7 Å². The quantitative estimate of drug-likeness (QED) is 0.794. The normalized spacial score (nSPS) is 19.5. The first-order valence-corrected chi connectivity index (χ1v) is 11.3. The number of anilines is 2. The Balaban J connectivity index is 1.51. The van der Waals surface area contributed by atoms with Gasteiger partial charge in [0.1, 0.15) is 11.8 Å². The van der Waals surface area contributed by atoms with Crippen LogP contribution in [0.25, 0.3) is 0 Å². The van der Waals surface area contributed by atoms with E-state index in [1.165, 1.54) is 12.5 Å². The Hall–Kier alpha value is -2.25. The first-order valence-electron chi connectivity index (χ1n) is 9.18. The summed E-state index contributed by atoms with van der Waals surface area (Å²) >= 11 is 3.86. The van der Waals surface area contributed by atoms with Crippen LogP contribution in [0.5, 0.6) is 0 Å². The summed E-state index contributed by atoms with van der Waals surface area (Å²) in [5.41, 5.74) is 3.16. The van der Waals surface area contributed by atoms with Gasteiger partial charge in [0.15, 0.2) is 5.78 Å². The fourth-order valence-electron chi connectivity index (χ4n) is 3.30. The second kappa shape index (κ2) is 8.41. The zero-order valence-electron chi connectivity index (χ0n) is 15.5. The largest absolute Gasteiger partial charge is 0.321 e. The van der Waals surface area contributed by atoms with Crippen molar-refractivity contribution in [3.63, 3.8) is 0 Å². The van der Waals surface area contributed by atoms with Crippen molar-refractivity contribution in [3.8, 4) is 0 Å². The van der Waals surface area contributed by atoms with Gasteiger partial charge in [-0.25, -0.2) is 0 Å². The van der Waals surface area contributed by atoms with Crippen molar-refractivity contribution in [1.82, 2.24) is 0 Å². The van der Waals surface area contributed by atoms with Crippen LogP contribution in [0.1, 0.15) is 23.5 Å². The molecule has 2 heterocycles. The van der Waals surface area contributed by atoms with Crippen molar-refractivity contribution in [2.45, 2.75) is 24.0 Å². The number of hydrazone groups is 1. The highest BCUT2D eigenvalue weighted by Gasteiger charge is 2.34. The molecule has 0 radical (unpaired) electrons. The molecule has 1 N–H and O–H groups in total. The third-order valence-electron chi connectivity index (χ3n) is 4.70. The fourth-order valence-corrected chi connectivity index (χ4v) is 6.14. The van der Waals surface area contributed by atoms with E-state index in [9.17, 15) is 9.59 Å². The molecule has 1 amide bonds. The molecule has 0 aliphatic carbocycles. The summed E-state index contributed by atoms with van der Waals surface area (Å²) in [5.74, 6) is 2.05. The van der Waals surface area contributed by atoms with Gasteiger partial charge in [0.2, 0.25) is 0 Å². The molecule has 2 aromatic rings. The van der Waals surface area contributed by atoms with E-state index in [4.69, 9.17) is 0 Å². The predicted octanol–water partition coefficient (Wildman–Crippen LogP) is 4.33. The molecule has 1 atom stereocenters. The molecule has 0 saturated carbocycles. The number of Topliss-reactive ketones (excluding diaryl/α,β-unsaturated/α-hetero) is 1. The van der Waals surface area contributed by atoms with Gasteiger partial charge >= 0.3 is 0 Å². The first kappa shape index (κ1) is 19.1. The van der Waals surface area contributed by atoms with E-state index in [0.29, 0.717) is 16.7 Å². The van der Waals surface area contributed by atoms with E-state index in [0.717, 1.165) is 22.9 Å². The number of hydrogen-bond acceptors (Lipinski definition) is 6. The minimum atomic E-state index is -0.444. The predicted molar refractivity (Wildman–Crippen MR) is 118 cm³/mol. The van der Waals surface area contributed by atoms with Crippen LogP contribution in [-0.4, -0.2) is 34.9 Å². The number of thioether (sulfide) groups is 2. The van der Waals surface area contributed by atoms with Gasteiger partial charge in [0.25, 0.3) is 5.91 Å². The van der Waals surface area contributed by atoms with Crippen molar-refractivity contribution < 1.29 is 9.59 Å². The average molecular weight is 412 g/mol. The van der Waals surface area contributed by atoms with E-state index in [1.54, 1.807) is 5.01 Å². The standard InChI is InChI=1S/C21H21N3O2S2/c1-14(25)19-13-18(23-24(19)17-8-3-2-4-9-17)20(26)22-16-7-5-6-15(12-16)21-27-10-11-28-21/h2-9,12,19,21H,10-11,13H2,1H3,(H,22,26)/t19-/m0/s1. The molecule has 7 heteroatoms. The number of para-hydroxylation sites is 1. The van der Waals surface area contributed by atoms with Gasteiger partial charge in [-0.3, -0.25) is 14.6 Å². The van der Waals surface area contributed by atoms with Crippen LogP contribution in [0.15, 0.2) is 59.7 Å². The maximum atomic E-state index is 12.8. The molecule has 144 valence electrons. The Morgan fingerprint density at radius 2 is 1.82 bits per heavy atom. The van der Waals surface area contributed by atoms with Gasteiger partial charge in [-0.2, -0.15) is 5.10 Å². The molecular formula is C21H21N3O2S2. The zero-order valence-corrected chi connectivity index (χ0v) is 17.1. The Labute approximate surface area is 173 Å². The number of nitrogens with one attached hydrogen (secondary N) is 1. The maximum Gasteiger partial charge on any atom is 0.271 e. The van der Waals surface area contributed by atoms with Crippen LogP contribution >= 0.6 is 23.5 Å². The summed E-state index contributed by atoms with van der Waals surface area (Å²) in [6.45, 7) is 1.54. The third kappa shape index (κ3) is 4.10. The van der Waals surface area contributed by atoms with Crippen molar-refractivity contribution in [3.05, 3.63) is 60.2 Å². The van der Waals surface area contributed by atoms with Crippen LogP contribution in [0, 0.1) is 0 Å². The van der Waals surface area contributed by atoms with Gasteiger partial charge < -0.3 is 5.32 Å². The fraction of sp³-hybridized carbons (Fsp3) is 0.286. The summed E-state index contributed by atoms with van der Waals surface area (Å²) < 4.78 is 0.427. The number of amides is 1. The summed E-state index contributed by atoms with van der Waals surface area (Å²) in [4.78, 5) is 24.9. The molecule has 2 aliphatic rings. The lowest BCUT2D eigenvalue weighted by atomic mass is 10.1. The number of hydrogen-bond donors (Lipinski definition) is 1. The minimum Gasteiger partial charge on any atom is -0.321 e. The van der Waals surface area contributed by atoms with Gasteiger partial charge in [-0.1, -0.05) is 30.3 Å². The van der Waals surface area contributed by atoms with Crippen molar-refractivity contribution >= 4 is 52.3 Å². The Morgan fingerprint density at radius 3 is 2.54 bits per heavy atom. The highest BCUT2D eigenvalue weighted by molar-refractivity contribution is 8.19. The second-order valence-electron chi connectivity index (χ2n) is 6.71. The molecule has 1 saturated heterocycles. The Morgan fingerprint density at radius 1 is 1.07 bits per heavy atom. The van der Waals surface area contributed by atoms with Crippen LogP contribution in [0.4, 0.5) is 11.4 Å². The summed E-state index contributed by atoms with van der Waals surface area (Å²) in [7, 11) is 0. The summed E-state index contributed by atoms with van der Waals surface area (Å²) in [6, 6.07) is 17.0. The van der Waals surface area contributed by atoms with Crippen molar-refractivity contribution in [2.75, 3.05) is 21.8 Å². The van der Waals surface area contributed by atoms with Gasteiger partial charge in [-0.15, -0.1) is 23.5 Å². The molecule has 5 nitrogen and oxygen atoms in total. The number of rotatable bonds is 5. The number of carbonyl (C=O) groups is 2. The van der Waals surface area contributed by atoms with Crippen LogP contribution in [0.3, 0.4) is 0 Å². The Bertz CT molecular complexity index is 911. The van der Waals surface area contributed by atoms with Gasteiger partial charge in [0, 0.05) is 23.6 Å². The topological polar surface area (TPSA) is 61.8 Å². The molecular weight excluding hydrogens is 390 g/mol. The van der Waals surface area contributed by atoms with Gasteiger partial charge in [-0.05, 0) is 36.8 Å². The van der Waals surface area contributed by atoms with Crippen molar-refractivity contribution in [1.29, 1.82) is 0 Å². The lowest BCUT2D eigenvalue weighted by Crippen LogP contribution is -2.33. The third-order valence-corrected chi connectivity index (χ3v) is 7.81. The monoisotopic (exact) mass is 411 g/mol. The van der Waals surface area contributed by atoms with E-state index < -0.39 is 6.04 Å². The molecule has 2 aliphatic heterocycles. The lowest BCUT2D eigenvalue weighted by Gasteiger charge is -2.20. The van der Waals surface area contributed by atoms with Gasteiger partial charge in [0.05, 0.1) is 10.3 Å². The maximum absolute atomic E-state index is 12.8. The molecule has 28 heavy (non-hydrogen) atoms. The molecule has 0 unspecified atom stereocenters. The summed E-state index contributed by atoms with van der Waals surface area (Å²) in [5, 5.41) is 9.07. The first-order chi connectivity index (χ1) is 13.6. The Kier molecular flexibility index (Phi) is 5.73. The molecule has 4 rings (SSSR count). The van der Waals surface area contributed by atoms with Crippen LogP contribution < -0.4 is 10.3 Å². The smallest absolute Gasteiger partial charge is 0.271 e. The van der Waals surface area contributed by atoms with Crippen molar-refractivity contribution in [2.24, 2.45) is 5.10 Å². The molecule has 0 bridgehead atoms. The number of benzene rings is 2. The zero-order chi connectivity index (χ0) is 19.5. The molecule has 0 spiro atoms. The highest BCUT2D eigenvalue weighted by atomic mass is 32.2. The number of nitrogens with zero attached hydrogens (tertiary/aromatic N) is 2. The van der Waals surface area contributed by atoms with E-state index in [1.807, 2.05) is 72.1 Å². The second-order valence-corrected chi connectivity index (χ2v) is 9.43. The van der Waals surface area contributed by atoms with Crippen LogP contribution in [-0.2, 0) is 9.59 Å². The molecule has 1 fully saturated rings. The summed E-state index contributed by atoms with van der Waals surface area (Å²) in [6.07, 6.45) is 0.310. The average Bonchev–Trinajstić information content (AvgIpc) is 3.39. The lowest BCUT2D eigenvalue weighted by molar-refractivity contribution is -0.118. The van der Waals surface area contributed by atoms with Crippen LogP contribution in [0.2, 0.25) is 0 Å². The van der Waals surface area contributed by atoms with E-state index in [2.05, 4.69) is 16.5 Å². The molecule has 0 aromatic heterocycles. The highest BCUT2D eigenvalue weighted by Crippen LogP contribution is 2.45.